The van der Waals surface area contributed by atoms with Crippen LogP contribution in [0.4, 0.5) is 0 Å². The monoisotopic (exact) mass is 368 g/mol. The molecule has 4 aromatic rings. The van der Waals surface area contributed by atoms with Crippen LogP contribution in [-0.2, 0) is 0 Å². The van der Waals surface area contributed by atoms with Gasteiger partial charge in [-0.3, -0.25) is 0 Å². The first-order chi connectivity index (χ1) is 11.7. The summed E-state index contributed by atoms with van der Waals surface area (Å²) in [6.07, 6.45) is 0. The number of nitriles is 1. The number of halogens is 1. The van der Waals surface area contributed by atoms with Crippen molar-refractivity contribution in [1.29, 1.82) is 5.26 Å². The Kier molecular flexibility index (Phi) is 3.90. The van der Waals surface area contributed by atoms with E-state index in [-0.39, 0.29) is 0 Å². The summed E-state index contributed by atoms with van der Waals surface area (Å²) >= 11 is 9.27. The third-order valence-electron chi connectivity index (χ3n) is 3.47. The predicted octanol–water partition coefficient (Wildman–Crippen LogP) is 5.45. The van der Waals surface area contributed by atoms with Crippen LogP contribution in [0.15, 0.2) is 48.5 Å². The molecule has 0 aliphatic heterocycles. The number of aromatic amines is 1. The zero-order valence-corrected chi connectivity index (χ0v) is 14.5. The van der Waals surface area contributed by atoms with Crippen LogP contribution >= 0.6 is 34.3 Å². The molecule has 4 nitrogen and oxygen atoms in total. The number of hydrogen-bond donors (Lipinski definition) is 1. The molecule has 1 N–H and O–H groups in total. The fourth-order valence-corrected chi connectivity index (χ4v) is 4.54. The topological polar surface area (TPSA) is 65.4 Å². The lowest BCUT2D eigenvalue weighted by molar-refractivity contribution is 0.937. The van der Waals surface area contributed by atoms with E-state index in [0.29, 0.717) is 11.4 Å². The van der Waals surface area contributed by atoms with E-state index in [1.807, 2.05) is 42.5 Å². The molecule has 0 amide bonds. The largest absolute Gasteiger partial charge is 0.196 e. The lowest BCUT2D eigenvalue weighted by Crippen LogP contribution is -1.77. The molecule has 4 rings (SSSR count). The molecule has 3 aromatic heterocycles. The Hall–Kier alpha value is -2.46. The number of nitrogens with one attached hydrogen (secondary N) is 1. The van der Waals surface area contributed by atoms with Gasteiger partial charge in [0.1, 0.15) is 11.8 Å². The highest BCUT2D eigenvalue weighted by atomic mass is 35.5. The Balaban J connectivity index is 1.66. The molecule has 0 saturated heterocycles. The van der Waals surface area contributed by atoms with Gasteiger partial charge in [0, 0.05) is 19.7 Å². The fourth-order valence-electron chi connectivity index (χ4n) is 2.32. The normalized spacial score (nSPS) is 10.7. The van der Waals surface area contributed by atoms with E-state index in [4.69, 9.17) is 16.9 Å². The van der Waals surface area contributed by atoms with Gasteiger partial charge in [-0.15, -0.1) is 27.8 Å². The zero-order chi connectivity index (χ0) is 16.5. The maximum absolute atomic E-state index is 9.07. The molecule has 3 heterocycles. The first kappa shape index (κ1) is 15.1. The SMILES string of the molecule is N#Cc1n[nH]nc1-c1ccc(-c2ccc(-c3ccc(Cl)cc3)s2)s1. The van der Waals surface area contributed by atoms with Crippen molar-refractivity contribution in [2.75, 3.05) is 0 Å². The molecule has 7 heteroatoms. The quantitative estimate of drug-likeness (QED) is 0.522. The maximum Gasteiger partial charge on any atom is 0.191 e. The average Bonchev–Trinajstić information content (AvgIpc) is 3.33. The highest BCUT2D eigenvalue weighted by molar-refractivity contribution is 7.25. The molecule has 0 unspecified atom stereocenters. The van der Waals surface area contributed by atoms with Gasteiger partial charge in [-0.2, -0.15) is 15.6 Å². The van der Waals surface area contributed by atoms with Crippen LogP contribution in [0.3, 0.4) is 0 Å². The number of nitrogens with zero attached hydrogens (tertiary/aromatic N) is 3. The fraction of sp³-hybridized carbons (Fsp3) is 0. The molecule has 0 aliphatic carbocycles. The number of aromatic nitrogens is 3. The molecule has 0 aliphatic rings. The minimum Gasteiger partial charge on any atom is -0.196 e. The van der Waals surface area contributed by atoms with Crippen LogP contribution in [0.25, 0.3) is 30.8 Å². The number of H-pyrrole nitrogens is 1. The third kappa shape index (κ3) is 2.74. The van der Waals surface area contributed by atoms with E-state index in [9.17, 15) is 0 Å². The van der Waals surface area contributed by atoms with Crippen LogP contribution in [0, 0.1) is 11.3 Å². The van der Waals surface area contributed by atoms with Gasteiger partial charge >= 0.3 is 0 Å². The van der Waals surface area contributed by atoms with Gasteiger partial charge in [0.05, 0.1) is 4.88 Å². The molecule has 0 spiro atoms. The molecular weight excluding hydrogens is 360 g/mol. The van der Waals surface area contributed by atoms with Crippen LogP contribution in [0.5, 0.6) is 0 Å². The van der Waals surface area contributed by atoms with Gasteiger partial charge in [-0.05, 0) is 42.0 Å². The molecule has 0 saturated carbocycles. The number of rotatable bonds is 3. The van der Waals surface area contributed by atoms with E-state index in [1.54, 1.807) is 22.7 Å². The standard InChI is InChI=1S/C17H9ClN4S2/c18-11-3-1-10(2-4-11)13-5-6-14(23-13)15-7-8-16(24-15)17-12(9-19)20-22-21-17/h1-8H,(H,20,21,22). The van der Waals surface area contributed by atoms with E-state index in [2.05, 4.69) is 27.5 Å². The summed E-state index contributed by atoms with van der Waals surface area (Å²) in [4.78, 5) is 4.44. The average molecular weight is 369 g/mol. The van der Waals surface area contributed by atoms with Crippen LogP contribution in [0.2, 0.25) is 5.02 Å². The Bertz CT molecular complexity index is 1040. The first-order valence-electron chi connectivity index (χ1n) is 7.02. The Morgan fingerprint density at radius 3 is 2.17 bits per heavy atom. The second-order valence-electron chi connectivity index (χ2n) is 4.97. The van der Waals surface area contributed by atoms with E-state index in [1.165, 1.54) is 9.75 Å². The van der Waals surface area contributed by atoms with Crippen molar-refractivity contribution >= 4 is 34.3 Å². The predicted molar refractivity (Wildman–Crippen MR) is 98.2 cm³/mol. The Morgan fingerprint density at radius 1 is 0.833 bits per heavy atom. The van der Waals surface area contributed by atoms with Gasteiger partial charge in [0.25, 0.3) is 0 Å². The molecule has 0 radical (unpaired) electrons. The highest BCUT2D eigenvalue weighted by Gasteiger charge is 2.14. The van der Waals surface area contributed by atoms with Gasteiger partial charge in [0.15, 0.2) is 5.69 Å². The van der Waals surface area contributed by atoms with Gasteiger partial charge < -0.3 is 0 Å². The second-order valence-corrected chi connectivity index (χ2v) is 7.57. The highest BCUT2D eigenvalue weighted by Crippen LogP contribution is 2.40. The lowest BCUT2D eigenvalue weighted by atomic mass is 10.2. The molecule has 0 fully saturated rings. The van der Waals surface area contributed by atoms with Gasteiger partial charge in [-0.25, -0.2) is 0 Å². The van der Waals surface area contributed by atoms with E-state index < -0.39 is 0 Å². The molecule has 0 bridgehead atoms. The van der Waals surface area contributed by atoms with Crippen molar-refractivity contribution in [2.24, 2.45) is 0 Å². The van der Waals surface area contributed by atoms with Gasteiger partial charge in [-0.1, -0.05) is 23.7 Å². The molecule has 116 valence electrons. The minimum atomic E-state index is 0.316. The van der Waals surface area contributed by atoms with Crippen molar-refractivity contribution in [1.82, 2.24) is 15.4 Å². The van der Waals surface area contributed by atoms with E-state index in [0.717, 1.165) is 20.3 Å². The summed E-state index contributed by atoms with van der Waals surface area (Å²) in [5, 5.41) is 20.2. The molecule has 1 aromatic carbocycles. The summed E-state index contributed by atoms with van der Waals surface area (Å²) in [5.74, 6) is 0. The summed E-state index contributed by atoms with van der Waals surface area (Å²) < 4.78 is 0. The second kappa shape index (κ2) is 6.21. The van der Waals surface area contributed by atoms with E-state index >= 15 is 0 Å². The molecule has 24 heavy (non-hydrogen) atoms. The van der Waals surface area contributed by atoms with Crippen molar-refractivity contribution in [3.05, 3.63) is 59.2 Å². The van der Waals surface area contributed by atoms with Crippen LogP contribution in [0.1, 0.15) is 5.69 Å². The summed E-state index contributed by atoms with van der Waals surface area (Å²) in [7, 11) is 0. The summed E-state index contributed by atoms with van der Waals surface area (Å²) in [6, 6.07) is 18.1. The summed E-state index contributed by atoms with van der Waals surface area (Å²) in [6.45, 7) is 0. The van der Waals surface area contributed by atoms with Crippen molar-refractivity contribution in [2.45, 2.75) is 0 Å². The van der Waals surface area contributed by atoms with Crippen LogP contribution in [-0.4, -0.2) is 15.4 Å². The van der Waals surface area contributed by atoms with Gasteiger partial charge in [0.2, 0.25) is 0 Å². The first-order valence-corrected chi connectivity index (χ1v) is 9.03. The van der Waals surface area contributed by atoms with Crippen molar-refractivity contribution < 1.29 is 0 Å². The number of thiophene rings is 2. The van der Waals surface area contributed by atoms with Crippen LogP contribution < -0.4 is 0 Å². The number of benzene rings is 1. The Labute approximate surface area is 151 Å². The zero-order valence-electron chi connectivity index (χ0n) is 12.2. The molecular formula is C17H9ClN4S2. The van der Waals surface area contributed by atoms with Crippen molar-refractivity contribution in [3.63, 3.8) is 0 Å². The maximum atomic E-state index is 9.07. The molecule has 0 atom stereocenters. The smallest absolute Gasteiger partial charge is 0.191 e. The Morgan fingerprint density at radius 2 is 1.46 bits per heavy atom. The number of hydrogen-bond acceptors (Lipinski definition) is 5. The van der Waals surface area contributed by atoms with Crippen molar-refractivity contribution in [3.8, 4) is 36.8 Å². The summed E-state index contributed by atoms with van der Waals surface area (Å²) in [5.41, 5.74) is 2.07. The minimum absolute atomic E-state index is 0.316. The lowest BCUT2D eigenvalue weighted by Gasteiger charge is -1.96. The third-order valence-corrected chi connectivity index (χ3v) is 6.14.